The summed E-state index contributed by atoms with van der Waals surface area (Å²) in [7, 11) is 0. The molecule has 0 aliphatic carbocycles. The third-order valence-electron chi connectivity index (χ3n) is 4.35. The Hall–Kier alpha value is -1.55. The van der Waals surface area contributed by atoms with Crippen molar-refractivity contribution in [1.29, 1.82) is 0 Å². The van der Waals surface area contributed by atoms with E-state index in [1.54, 1.807) is 12.1 Å². The van der Waals surface area contributed by atoms with Gasteiger partial charge in [0, 0.05) is 19.6 Å². The Morgan fingerprint density at radius 2 is 2.21 bits per heavy atom. The summed E-state index contributed by atoms with van der Waals surface area (Å²) in [6.45, 7) is 5.28. The van der Waals surface area contributed by atoms with E-state index < -0.39 is 0 Å². The van der Waals surface area contributed by atoms with Gasteiger partial charge in [0.25, 0.3) is 0 Å². The maximum atomic E-state index is 12.5. The first-order valence-electron chi connectivity index (χ1n) is 6.95. The highest BCUT2D eigenvalue weighted by Crippen LogP contribution is 2.26. The smallest absolute Gasteiger partial charge is 0.227 e. The van der Waals surface area contributed by atoms with Gasteiger partial charge in [-0.2, -0.15) is 0 Å². The van der Waals surface area contributed by atoms with Crippen LogP contribution >= 0.6 is 0 Å². The minimum absolute atomic E-state index is 0.110. The fourth-order valence-electron chi connectivity index (χ4n) is 3.11. The fourth-order valence-corrected chi connectivity index (χ4v) is 3.11. The Morgan fingerprint density at radius 1 is 1.37 bits per heavy atom. The van der Waals surface area contributed by atoms with Crippen LogP contribution in [0.1, 0.15) is 18.1 Å². The summed E-state index contributed by atoms with van der Waals surface area (Å²) >= 11 is 0. The topological polar surface area (TPSA) is 52.6 Å². The van der Waals surface area contributed by atoms with E-state index in [9.17, 15) is 9.90 Å². The van der Waals surface area contributed by atoms with Crippen LogP contribution in [0.4, 0.5) is 0 Å². The number of hydrogen-bond donors (Lipinski definition) is 2. The van der Waals surface area contributed by atoms with Crippen LogP contribution in [-0.2, 0) is 17.8 Å². The quantitative estimate of drug-likeness (QED) is 0.796. The van der Waals surface area contributed by atoms with Gasteiger partial charge in [0.2, 0.25) is 5.91 Å². The Labute approximate surface area is 113 Å². The molecule has 1 aromatic carbocycles. The van der Waals surface area contributed by atoms with Gasteiger partial charge in [-0.1, -0.05) is 13.0 Å². The van der Waals surface area contributed by atoms with Gasteiger partial charge < -0.3 is 15.3 Å². The van der Waals surface area contributed by atoms with Gasteiger partial charge in [-0.3, -0.25) is 4.79 Å². The molecule has 2 heterocycles. The molecule has 1 fully saturated rings. The summed E-state index contributed by atoms with van der Waals surface area (Å²) in [4.78, 5) is 14.5. The monoisotopic (exact) mass is 260 g/mol. The molecule has 2 N–H and O–H groups in total. The number of benzene rings is 1. The first-order chi connectivity index (χ1) is 9.15. The molecule has 0 saturated carbocycles. The number of aromatic hydroxyl groups is 1. The van der Waals surface area contributed by atoms with Crippen molar-refractivity contribution in [1.82, 2.24) is 10.2 Å². The SMILES string of the molecule is C[C@@H]1CNC[C@H]1C(=O)N1CCc2ccc(O)cc2C1. The number of amides is 1. The Bertz CT molecular complexity index is 501. The molecular weight excluding hydrogens is 240 g/mol. The largest absolute Gasteiger partial charge is 0.508 e. The maximum Gasteiger partial charge on any atom is 0.227 e. The zero-order valence-electron chi connectivity index (χ0n) is 11.2. The number of phenols is 1. The first kappa shape index (κ1) is 12.5. The third-order valence-corrected chi connectivity index (χ3v) is 4.35. The van der Waals surface area contributed by atoms with Gasteiger partial charge in [0.1, 0.15) is 5.75 Å². The molecule has 0 radical (unpaired) electrons. The minimum Gasteiger partial charge on any atom is -0.508 e. The number of carbonyl (C=O) groups excluding carboxylic acids is 1. The second-order valence-corrected chi connectivity index (χ2v) is 5.70. The van der Waals surface area contributed by atoms with Crippen molar-refractivity contribution in [3.63, 3.8) is 0 Å². The van der Waals surface area contributed by atoms with E-state index in [4.69, 9.17) is 0 Å². The summed E-state index contributed by atoms with van der Waals surface area (Å²) < 4.78 is 0. The van der Waals surface area contributed by atoms with E-state index in [0.717, 1.165) is 31.6 Å². The normalized spacial score (nSPS) is 26.3. The average molecular weight is 260 g/mol. The van der Waals surface area contributed by atoms with E-state index >= 15 is 0 Å². The lowest BCUT2D eigenvalue weighted by Gasteiger charge is -2.31. The van der Waals surface area contributed by atoms with Crippen molar-refractivity contribution in [2.24, 2.45) is 11.8 Å². The summed E-state index contributed by atoms with van der Waals surface area (Å²) in [6, 6.07) is 5.47. The van der Waals surface area contributed by atoms with Crippen molar-refractivity contribution < 1.29 is 9.90 Å². The molecule has 2 aliphatic rings. The average Bonchev–Trinajstić information content (AvgIpc) is 2.83. The van der Waals surface area contributed by atoms with Gasteiger partial charge in [0.15, 0.2) is 0 Å². The van der Waals surface area contributed by atoms with Gasteiger partial charge in [0.05, 0.1) is 5.92 Å². The standard InChI is InChI=1S/C15H20N2O2/c1-10-7-16-8-14(10)15(19)17-5-4-11-2-3-13(18)6-12(11)9-17/h2-3,6,10,14,16,18H,4-5,7-9H2,1H3/t10-,14-/m1/s1. The number of nitrogens with zero attached hydrogens (tertiary/aromatic N) is 1. The molecule has 3 rings (SSSR count). The molecule has 102 valence electrons. The molecule has 0 bridgehead atoms. The summed E-state index contributed by atoms with van der Waals surface area (Å²) in [6.07, 6.45) is 0.885. The van der Waals surface area contributed by atoms with Gasteiger partial charge in [-0.15, -0.1) is 0 Å². The molecule has 0 spiro atoms. The highest BCUT2D eigenvalue weighted by Gasteiger charge is 2.33. The predicted octanol–water partition coefficient (Wildman–Crippen LogP) is 1.13. The molecule has 2 atom stereocenters. The molecule has 4 heteroatoms. The molecule has 19 heavy (non-hydrogen) atoms. The van der Waals surface area contributed by atoms with Crippen molar-refractivity contribution in [2.75, 3.05) is 19.6 Å². The molecular formula is C15H20N2O2. The number of phenolic OH excluding ortho intramolecular Hbond substituents is 1. The summed E-state index contributed by atoms with van der Waals surface area (Å²) in [5, 5.41) is 12.8. The van der Waals surface area contributed by atoms with Crippen LogP contribution in [0.2, 0.25) is 0 Å². The Balaban J connectivity index is 1.76. The lowest BCUT2D eigenvalue weighted by atomic mass is 9.94. The van der Waals surface area contributed by atoms with Crippen LogP contribution in [0.3, 0.4) is 0 Å². The number of fused-ring (bicyclic) bond motifs is 1. The number of rotatable bonds is 1. The molecule has 4 nitrogen and oxygen atoms in total. The molecule has 0 aromatic heterocycles. The predicted molar refractivity (Wildman–Crippen MR) is 72.8 cm³/mol. The second-order valence-electron chi connectivity index (χ2n) is 5.70. The Kier molecular flexibility index (Phi) is 3.19. The lowest BCUT2D eigenvalue weighted by molar-refractivity contribution is -0.136. The van der Waals surface area contributed by atoms with E-state index in [0.29, 0.717) is 12.5 Å². The van der Waals surface area contributed by atoms with Crippen molar-refractivity contribution in [3.05, 3.63) is 29.3 Å². The van der Waals surface area contributed by atoms with Gasteiger partial charge in [-0.25, -0.2) is 0 Å². The van der Waals surface area contributed by atoms with Crippen LogP contribution in [0.25, 0.3) is 0 Å². The minimum atomic E-state index is 0.110. The lowest BCUT2D eigenvalue weighted by Crippen LogP contribution is -2.41. The summed E-state index contributed by atoms with van der Waals surface area (Å²) in [5.41, 5.74) is 2.33. The third kappa shape index (κ3) is 2.32. The van der Waals surface area contributed by atoms with Crippen LogP contribution in [-0.4, -0.2) is 35.5 Å². The van der Waals surface area contributed by atoms with E-state index in [-0.39, 0.29) is 17.6 Å². The van der Waals surface area contributed by atoms with Crippen molar-refractivity contribution in [2.45, 2.75) is 19.9 Å². The number of carbonyl (C=O) groups is 1. The fraction of sp³-hybridized carbons (Fsp3) is 0.533. The van der Waals surface area contributed by atoms with Crippen molar-refractivity contribution >= 4 is 5.91 Å². The first-order valence-corrected chi connectivity index (χ1v) is 6.95. The van der Waals surface area contributed by atoms with Crippen LogP contribution < -0.4 is 5.32 Å². The van der Waals surface area contributed by atoms with Crippen LogP contribution in [0.15, 0.2) is 18.2 Å². The van der Waals surface area contributed by atoms with Gasteiger partial charge >= 0.3 is 0 Å². The highest BCUT2D eigenvalue weighted by atomic mass is 16.3. The van der Waals surface area contributed by atoms with Crippen LogP contribution in [0.5, 0.6) is 5.75 Å². The molecule has 2 aliphatic heterocycles. The molecule has 0 unspecified atom stereocenters. The molecule has 1 amide bonds. The zero-order valence-corrected chi connectivity index (χ0v) is 11.2. The highest BCUT2D eigenvalue weighted by molar-refractivity contribution is 5.80. The maximum absolute atomic E-state index is 12.5. The second kappa shape index (κ2) is 4.85. The number of hydrogen-bond acceptors (Lipinski definition) is 3. The van der Waals surface area contributed by atoms with Gasteiger partial charge in [-0.05, 0) is 42.1 Å². The van der Waals surface area contributed by atoms with Crippen LogP contribution in [0, 0.1) is 11.8 Å². The zero-order chi connectivity index (χ0) is 13.4. The summed E-state index contributed by atoms with van der Waals surface area (Å²) in [5.74, 6) is 1.06. The van der Waals surface area contributed by atoms with Crippen molar-refractivity contribution in [3.8, 4) is 5.75 Å². The van der Waals surface area contributed by atoms with E-state index in [1.807, 2.05) is 11.0 Å². The molecule has 1 aromatic rings. The van der Waals surface area contributed by atoms with E-state index in [2.05, 4.69) is 12.2 Å². The molecule has 1 saturated heterocycles. The number of nitrogens with one attached hydrogen (secondary N) is 1. The Morgan fingerprint density at radius 3 is 2.95 bits per heavy atom. The van der Waals surface area contributed by atoms with E-state index in [1.165, 1.54) is 5.56 Å².